The average molecular weight is 462 g/mol. The molecule has 0 aliphatic carbocycles. The summed E-state index contributed by atoms with van der Waals surface area (Å²) in [5.74, 6) is -1.63. The Bertz CT molecular complexity index is 1010. The molecule has 2 N–H and O–H groups in total. The van der Waals surface area contributed by atoms with Crippen molar-refractivity contribution in [2.45, 2.75) is 6.42 Å². The molecule has 2 aromatic carbocycles. The van der Waals surface area contributed by atoms with Crippen LogP contribution in [0.1, 0.15) is 27.1 Å². The molecular weight excluding hydrogens is 448 g/mol. The normalized spacial score (nSPS) is 10.2. The largest absolute Gasteiger partial charge is 0.352 e. The minimum Gasteiger partial charge on any atom is -0.352 e. The van der Waals surface area contributed by atoms with Gasteiger partial charge in [0.25, 0.3) is 34.6 Å². The van der Waals surface area contributed by atoms with E-state index in [1.54, 1.807) is 0 Å². The molecule has 172 valence electrons. The van der Waals surface area contributed by atoms with Gasteiger partial charge < -0.3 is 10.6 Å². The summed E-state index contributed by atoms with van der Waals surface area (Å²) in [5.41, 5.74) is -3.13. The van der Waals surface area contributed by atoms with Gasteiger partial charge >= 0.3 is 0 Å². The maximum atomic E-state index is 12.1. The molecule has 16 nitrogen and oxygen atoms in total. The number of rotatable bonds is 10. The number of carbonyl (C=O) groups is 2. The molecule has 0 heterocycles. The molecule has 33 heavy (non-hydrogen) atoms. The van der Waals surface area contributed by atoms with Crippen LogP contribution in [-0.4, -0.2) is 44.6 Å². The number of carbonyl (C=O) groups excluding carboxylic acids is 2. The Morgan fingerprint density at radius 1 is 0.576 bits per heavy atom. The SMILES string of the molecule is O=C(NCCCNC(=O)c1cc([N+](=O)[O-])cc([N+](=O)[O-])c1)c1cc([N+](=O)[O-])cc([N+](=O)[O-])c1. The molecule has 0 saturated heterocycles. The maximum absolute atomic E-state index is 12.1. The van der Waals surface area contributed by atoms with E-state index in [0.717, 1.165) is 24.3 Å². The molecule has 16 heteroatoms. The lowest BCUT2D eigenvalue weighted by Crippen LogP contribution is -2.30. The number of amides is 2. The Kier molecular flexibility index (Phi) is 7.59. The minimum atomic E-state index is -0.877. The molecule has 0 unspecified atom stereocenters. The number of hydrogen-bond acceptors (Lipinski definition) is 10. The summed E-state index contributed by atoms with van der Waals surface area (Å²) in [6.45, 7) is -0.0740. The molecular formula is C17H14N6O10. The van der Waals surface area contributed by atoms with Crippen molar-refractivity contribution in [2.75, 3.05) is 13.1 Å². The zero-order valence-electron chi connectivity index (χ0n) is 16.5. The Balaban J connectivity index is 1.95. The number of benzene rings is 2. The van der Waals surface area contributed by atoms with Crippen LogP contribution >= 0.6 is 0 Å². The van der Waals surface area contributed by atoms with Crippen molar-refractivity contribution >= 4 is 34.6 Å². The summed E-state index contributed by atoms with van der Waals surface area (Å²) in [6.07, 6.45) is 0.144. The van der Waals surface area contributed by atoms with Crippen LogP contribution in [0.25, 0.3) is 0 Å². The first kappa shape index (κ1) is 24.3. The molecule has 0 spiro atoms. The lowest BCUT2D eigenvalue weighted by molar-refractivity contribution is -0.394. The molecule has 0 radical (unpaired) electrons. The molecule has 2 rings (SSSR count). The molecule has 0 atom stereocenters. The van der Waals surface area contributed by atoms with Crippen molar-refractivity contribution in [3.8, 4) is 0 Å². The van der Waals surface area contributed by atoms with E-state index < -0.39 is 54.3 Å². The fraction of sp³-hybridized carbons (Fsp3) is 0.176. The molecule has 0 aliphatic heterocycles. The van der Waals surface area contributed by atoms with Crippen molar-refractivity contribution in [3.05, 3.63) is 88.0 Å². The van der Waals surface area contributed by atoms with E-state index in [1.165, 1.54) is 0 Å². The Labute approximate surface area is 182 Å². The second kappa shape index (κ2) is 10.3. The predicted octanol–water partition coefficient (Wildman–Crippen LogP) is 1.87. The number of nitrogens with zero attached hydrogens (tertiary/aromatic N) is 4. The van der Waals surface area contributed by atoms with Crippen LogP contribution in [0.3, 0.4) is 0 Å². The van der Waals surface area contributed by atoms with Crippen LogP contribution in [0.5, 0.6) is 0 Å². The second-order valence-corrected chi connectivity index (χ2v) is 6.37. The summed E-state index contributed by atoms with van der Waals surface area (Å²) in [4.78, 5) is 64.3. The molecule has 2 aromatic rings. The van der Waals surface area contributed by atoms with Gasteiger partial charge in [-0.1, -0.05) is 0 Å². The summed E-state index contributed by atoms with van der Waals surface area (Å²) >= 11 is 0. The maximum Gasteiger partial charge on any atom is 0.277 e. The summed E-state index contributed by atoms with van der Waals surface area (Å²) in [6, 6.07) is 4.92. The minimum absolute atomic E-state index is 0.0370. The summed E-state index contributed by atoms with van der Waals surface area (Å²) < 4.78 is 0. The number of hydrogen-bond donors (Lipinski definition) is 2. The lowest BCUT2D eigenvalue weighted by Gasteiger charge is -2.07. The fourth-order valence-electron chi connectivity index (χ4n) is 2.57. The van der Waals surface area contributed by atoms with Gasteiger partial charge in [-0.25, -0.2) is 0 Å². The third-order valence-corrected chi connectivity index (χ3v) is 4.10. The van der Waals surface area contributed by atoms with Gasteiger partial charge in [-0.2, -0.15) is 0 Å². The standard InChI is InChI=1S/C17H14N6O10/c24-16(10-4-12(20(26)27)8-13(5-10)21(28)29)18-2-1-3-19-17(25)11-6-14(22(30)31)9-15(7-11)23(32)33/h4-9H,1-3H2,(H,18,24)(H,19,25). The van der Waals surface area contributed by atoms with Gasteiger partial charge in [0, 0.05) is 37.4 Å². The van der Waals surface area contributed by atoms with Gasteiger partial charge in [0.2, 0.25) is 0 Å². The van der Waals surface area contributed by atoms with Gasteiger partial charge in [0.1, 0.15) is 0 Å². The number of non-ortho nitro benzene ring substituents is 4. The molecule has 0 aliphatic rings. The van der Waals surface area contributed by atoms with Crippen LogP contribution in [0, 0.1) is 40.5 Å². The third kappa shape index (κ3) is 6.48. The molecule has 2 amide bonds. The van der Waals surface area contributed by atoms with E-state index in [2.05, 4.69) is 10.6 Å². The zero-order valence-corrected chi connectivity index (χ0v) is 16.5. The first-order valence-electron chi connectivity index (χ1n) is 8.93. The smallest absolute Gasteiger partial charge is 0.277 e. The van der Waals surface area contributed by atoms with Crippen molar-refractivity contribution < 1.29 is 29.3 Å². The van der Waals surface area contributed by atoms with Crippen LogP contribution in [0.4, 0.5) is 22.7 Å². The van der Waals surface area contributed by atoms with Crippen LogP contribution in [0.15, 0.2) is 36.4 Å². The molecule has 0 aromatic heterocycles. The third-order valence-electron chi connectivity index (χ3n) is 4.10. The van der Waals surface area contributed by atoms with E-state index in [0.29, 0.717) is 12.1 Å². The average Bonchev–Trinajstić information content (AvgIpc) is 2.77. The van der Waals surface area contributed by atoms with E-state index >= 15 is 0 Å². The van der Waals surface area contributed by atoms with Crippen molar-refractivity contribution in [1.29, 1.82) is 0 Å². The van der Waals surface area contributed by atoms with Gasteiger partial charge in [-0.3, -0.25) is 50.0 Å². The van der Waals surface area contributed by atoms with Crippen LogP contribution < -0.4 is 10.6 Å². The van der Waals surface area contributed by atoms with Crippen molar-refractivity contribution in [2.24, 2.45) is 0 Å². The Morgan fingerprint density at radius 3 is 1.09 bits per heavy atom. The fourth-order valence-corrected chi connectivity index (χ4v) is 2.57. The van der Waals surface area contributed by atoms with Gasteiger partial charge in [-0.05, 0) is 6.42 Å². The Morgan fingerprint density at radius 2 is 0.848 bits per heavy atom. The van der Waals surface area contributed by atoms with Gasteiger partial charge in [0.15, 0.2) is 0 Å². The number of nitro benzene ring substituents is 4. The highest BCUT2D eigenvalue weighted by atomic mass is 16.6. The van der Waals surface area contributed by atoms with E-state index in [1.807, 2.05) is 0 Å². The van der Waals surface area contributed by atoms with Gasteiger partial charge in [0.05, 0.1) is 43.0 Å². The number of nitro groups is 4. The van der Waals surface area contributed by atoms with E-state index in [9.17, 15) is 50.0 Å². The monoisotopic (exact) mass is 462 g/mol. The predicted molar refractivity (Wildman–Crippen MR) is 109 cm³/mol. The van der Waals surface area contributed by atoms with Gasteiger partial charge in [-0.15, -0.1) is 0 Å². The van der Waals surface area contributed by atoms with E-state index in [-0.39, 0.29) is 30.6 Å². The first-order chi connectivity index (χ1) is 15.5. The number of nitrogens with one attached hydrogen (secondary N) is 2. The zero-order chi connectivity index (χ0) is 24.7. The summed E-state index contributed by atoms with van der Waals surface area (Å²) in [5, 5.41) is 48.3. The molecule has 0 bridgehead atoms. The van der Waals surface area contributed by atoms with E-state index in [4.69, 9.17) is 0 Å². The molecule has 0 saturated carbocycles. The topological polar surface area (TPSA) is 231 Å². The highest BCUT2D eigenvalue weighted by Crippen LogP contribution is 2.23. The molecule has 0 fully saturated rings. The highest BCUT2D eigenvalue weighted by Gasteiger charge is 2.21. The summed E-state index contributed by atoms with van der Waals surface area (Å²) in [7, 11) is 0. The lowest BCUT2D eigenvalue weighted by atomic mass is 10.1. The first-order valence-corrected chi connectivity index (χ1v) is 8.93. The second-order valence-electron chi connectivity index (χ2n) is 6.37. The van der Waals surface area contributed by atoms with Crippen LogP contribution in [-0.2, 0) is 0 Å². The van der Waals surface area contributed by atoms with Crippen molar-refractivity contribution in [3.63, 3.8) is 0 Å². The highest BCUT2D eigenvalue weighted by molar-refractivity contribution is 5.96. The van der Waals surface area contributed by atoms with Crippen LogP contribution in [0.2, 0.25) is 0 Å². The quantitative estimate of drug-likeness (QED) is 0.295. The Hall–Kier alpha value is -5.02. The van der Waals surface area contributed by atoms with Crippen molar-refractivity contribution in [1.82, 2.24) is 10.6 Å².